The normalized spacial score (nSPS) is 13.7. The van der Waals surface area contributed by atoms with Crippen LogP contribution in [0.4, 0.5) is 0 Å². The molecule has 0 aliphatic rings. The van der Waals surface area contributed by atoms with Crippen molar-refractivity contribution in [2.45, 2.75) is 502 Å². The number of esters is 4. The Morgan fingerprint density at radius 1 is 0.224 bits per heavy atom. The van der Waals surface area contributed by atoms with Gasteiger partial charge in [0.15, 0.2) is 12.2 Å². The fourth-order valence-corrected chi connectivity index (χ4v) is 15.5. The molecule has 0 aliphatic carbocycles. The molecular weight excluding hydrogens is 1390 g/mol. The number of unbranched alkanes of at least 4 members (excludes halogenated alkanes) is 63. The Morgan fingerprint density at radius 3 is 0.551 bits per heavy atom. The molecule has 0 amide bonds. The van der Waals surface area contributed by atoms with Gasteiger partial charge in [0.2, 0.25) is 0 Å². The topological polar surface area (TPSA) is 237 Å². The summed E-state index contributed by atoms with van der Waals surface area (Å²) in [5, 5.41) is 10.7. The Labute approximate surface area is 658 Å². The molecule has 3 N–H and O–H groups in total. The van der Waals surface area contributed by atoms with Crippen LogP contribution in [0, 0.1) is 0 Å². The monoisotopic (exact) mass is 1560 g/mol. The fourth-order valence-electron chi connectivity index (χ4n) is 13.9. The summed E-state index contributed by atoms with van der Waals surface area (Å²) in [5.74, 6) is -2.09. The number of phosphoric acid groups is 2. The van der Waals surface area contributed by atoms with Crippen LogP contribution in [-0.4, -0.2) is 96.7 Å². The summed E-state index contributed by atoms with van der Waals surface area (Å²) in [6.07, 6.45) is 77.7. The first kappa shape index (κ1) is 105. The number of hydrogen-bond acceptors (Lipinski definition) is 15. The average molecular weight is 1560 g/mol. The third-order valence-electron chi connectivity index (χ3n) is 20.9. The minimum Gasteiger partial charge on any atom is -0.462 e. The van der Waals surface area contributed by atoms with E-state index in [9.17, 15) is 43.2 Å². The highest BCUT2D eigenvalue weighted by molar-refractivity contribution is 7.47. The summed E-state index contributed by atoms with van der Waals surface area (Å²) in [4.78, 5) is 73.4. The van der Waals surface area contributed by atoms with Gasteiger partial charge in [-0.25, -0.2) is 9.13 Å². The van der Waals surface area contributed by atoms with E-state index in [1.807, 2.05) is 0 Å². The minimum atomic E-state index is -4.97. The summed E-state index contributed by atoms with van der Waals surface area (Å²) in [6.45, 7) is 5.08. The minimum absolute atomic E-state index is 0.110. The molecule has 0 rings (SSSR count). The van der Waals surface area contributed by atoms with Crippen molar-refractivity contribution in [1.29, 1.82) is 0 Å². The van der Waals surface area contributed by atoms with Gasteiger partial charge in [-0.3, -0.25) is 37.3 Å². The van der Waals surface area contributed by atoms with E-state index < -0.39 is 97.5 Å². The summed E-state index contributed by atoms with van der Waals surface area (Å²) in [5.41, 5.74) is 0. The van der Waals surface area contributed by atoms with E-state index in [0.29, 0.717) is 25.7 Å². The van der Waals surface area contributed by atoms with E-state index in [2.05, 4.69) is 27.7 Å². The van der Waals surface area contributed by atoms with Gasteiger partial charge in [-0.2, -0.15) is 0 Å². The molecule has 0 fully saturated rings. The lowest BCUT2D eigenvalue weighted by Gasteiger charge is -2.21. The van der Waals surface area contributed by atoms with Crippen LogP contribution in [0.25, 0.3) is 0 Å². The smallest absolute Gasteiger partial charge is 0.462 e. The zero-order valence-corrected chi connectivity index (χ0v) is 71.9. The van der Waals surface area contributed by atoms with Crippen molar-refractivity contribution in [2.24, 2.45) is 0 Å². The SMILES string of the molecule is CCCCCCCCCCCCCCCCCCCCCC(=O)O[C@H](COC(=O)CCCCCCCCCCCCCCCCCCCC)COP(=O)(O)OC[C@@H](O)COP(=O)(O)OC[C@@H](COC(=O)CCCCCCCCCCCCCCC)OC(=O)CCCCCCCCCCCCCCCCCCC. The second kappa shape index (κ2) is 82.1. The number of rotatable bonds is 89. The third-order valence-corrected chi connectivity index (χ3v) is 22.8. The molecule has 17 nitrogen and oxygen atoms in total. The number of aliphatic hydroxyl groups is 1. The molecule has 636 valence electrons. The highest BCUT2D eigenvalue weighted by Crippen LogP contribution is 2.45. The quantitative estimate of drug-likeness (QED) is 0.0222. The van der Waals surface area contributed by atoms with Crippen LogP contribution in [0.3, 0.4) is 0 Å². The van der Waals surface area contributed by atoms with Crippen LogP contribution in [-0.2, 0) is 65.4 Å². The summed E-state index contributed by atoms with van der Waals surface area (Å²) in [6, 6.07) is 0. The van der Waals surface area contributed by atoms with Crippen LogP contribution in [0.5, 0.6) is 0 Å². The molecule has 0 aliphatic heterocycles. The zero-order valence-electron chi connectivity index (χ0n) is 70.1. The van der Waals surface area contributed by atoms with Crippen molar-refractivity contribution in [3.05, 3.63) is 0 Å². The standard InChI is InChI=1S/C88H172O17P2/c1-5-9-13-17-21-25-29-33-36-39-41-44-47-51-55-59-63-67-71-75-88(93)105-84(79-99-86(91)73-69-65-61-57-53-49-45-43-40-37-34-30-26-22-18-14-10-6-2)81-103-107(96,97)101-77-82(89)76-100-106(94,95)102-80-83(78-98-85(90)72-68-64-60-56-52-48-32-28-24-20-16-12-8-4)104-87(92)74-70-66-62-58-54-50-46-42-38-35-31-27-23-19-15-11-7-3/h82-84,89H,5-81H2,1-4H3,(H,94,95)(H,96,97)/t82-,83+,84+/m0/s1. The number of phosphoric ester groups is 2. The van der Waals surface area contributed by atoms with Crippen LogP contribution in [0.2, 0.25) is 0 Å². The molecule has 0 aromatic heterocycles. The fraction of sp³-hybridized carbons (Fsp3) is 0.955. The van der Waals surface area contributed by atoms with Gasteiger partial charge in [-0.15, -0.1) is 0 Å². The molecule has 107 heavy (non-hydrogen) atoms. The van der Waals surface area contributed by atoms with Gasteiger partial charge in [0, 0.05) is 25.7 Å². The Morgan fingerprint density at radius 2 is 0.374 bits per heavy atom. The maximum atomic E-state index is 13.2. The van der Waals surface area contributed by atoms with Gasteiger partial charge in [0.05, 0.1) is 26.4 Å². The summed E-state index contributed by atoms with van der Waals surface area (Å²) < 4.78 is 69.0. The summed E-state index contributed by atoms with van der Waals surface area (Å²) >= 11 is 0. The van der Waals surface area contributed by atoms with Crippen molar-refractivity contribution in [2.75, 3.05) is 39.6 Å². The lowest BCUT2D eigenvalue weighted by molar-refractivity contribution is -0.161. The van der Waals surface area contributed by atoms with Gasteiger partial charge in [-0.1, -0.05) is 432 Å². The third kappa shape index (κ3) is 81.9. The van der Waals surface area contributed by atoms with E-state index >= 15 is 0 Å². The van der Waals surface area contributed by atoms with Crippen LogP contribution < -0.4 is 0 Å². The van der Waals surface area contributed by atoms with E-state index in [4.69, 9.17) is 37.0 Å². The number of carbonyl (C=O) groups excluding carboxylic acids is 4. The lowest BCUT2D eigenvalue weighted by atomic mass is 10.0. The largest absolute Gasteiger partial charge is 0.472 e. The van der Waals surface area contributed by atoms with Gasteiger partial charge >= 0.3 is 39.5 Å². The van der Waals surface area contributed by atoms with Gasteiger partial charge in [0.1, 0.15) is 19.3 Å². The Balaban J connectivity index is 5.26. The average Bonchev–Trinajstić information content (AvgIpc) is 0.902. The highest BCUT2D eigenvalue weighted by atomic mass is 31.2. The maximum Gasteiger partial charge on any atom is 0.472 e. The molecule has 0 aromatic carbocycles. The van der Waals surface area contributed by atoms with Crippen LogP contribution in [0.1, 0.15) is 484 Å². The van der Waals surface area contributed by atoms with Crippen molar-refractivity contribution in [3.63, 3.8) is 0 Å². The van der Waals surface area contributed by atoms with Gasteiger partial charge in [-0.05, 0) is 25.7 Å². The van der Waals surface area contributed by atoms with E-state index in [1.165, 1.54) is 315 Å². The van der Waals surface area contributed by atoms with Crippen LogP contribution >= 0.6 is 15.6 Å². The molecule has 0 bridgehead atoms. The zero-order chi connectivity index (χ0) is 78.1. The maximum absolute atomic E-state index is 13.2. The molecule has 0 saturated carbocycles. The van der Waals surface area contributed by atoms with Crippen molar-refractivity contribution in [1.82, 2.24) is 0 Å². The number of ether oxygens (including phenoxy) is 4. The first-order valence-electron chi connectivity index (χ1n) is 45.8. The molecular formula is C88H172O17P2. The molecule has 0 radical (unpaired) electrons. The molecule has 0 saturated heterocycles. The van der Waals surface area contributed by atoms with Crippen LogP contribution in [0.15, 0.2) is 0 Å². The molecule has 2 unspecified atom stereocenters. The molecule has 0 aromatic rings. The van der Waals surface area contributed by atoms with Crippen molar-refractivity contribution >= 4 is 39.5 Å². The second-order valence-electron chi connectivity index (χ2n) is 31.6. The number of hydrogen-bond donors (Lipinski definition) is 3. The van der Waals surface area contributed by atoms with Crippen molar-refractivity contribution in [3.8, 4) is 0 Å². The van der Waals surface area contributed by atoms with Crippen molar-refractivity contribution < 1.29 is 80.2 Å². The predicted octanol–water partition coefficient (Wildman–Crippen LogP) is 27.3. The Hall–Kier alpha value is -1.94. The summed E-state index contributed by atoms with van der Waals surface area (Å²) in [7, 11) is -9.93. The molecule has 0 spiro atoms. The molecule has 19 heteroatoms. The first-order chi connectivity index (χ1) is 52.2. The predicted molar refractivity (Wildman–Crippen MR) is 442 cm³/mol. The number of aliphatic hydroxyl groups excluding tert-OH is 1. The van der Waals surface area contributed by atoms with E-state index in [1.54, 1.807) is 0 Å². The lowest BCUT2D eigenvalue weighted by Crippen LogP contribution is -2.30. The first-order valence-corrected chi connectivity index (χ1v) is 48.8. The second-order valence-corrected chi connectivity index (χ2v) is 34.5. The Kier molecular flexibility index (Phi) is 80.6. The Bertz CT molecular complexity index is 2020. The molecule has 5 atom stereocenters. The number of carbonyl (C=O) groups is 4. The van der Waals surface area contributed by atoms with E-state index in [-0.39, 0.29) is 25.7 Å². The van der Waals surface area contributed by atoms with Gasteiger partial charge in [0.25, 0.3) is 0 Å². The van der Waals surface area contributed by atoms with E-state index in [0.717, 1.165) is 89.9 Å². The highest BCUT2D eigenvalue weighted by Gasteiger charge is 2.30. The molecule has 0 heterocycles. The van der Waals surface area contributed by atoms with Gasteiger partial charge < -0.3 is 33.8 Å².